The van der Waals surface area contributed by atoms with Gasteiger partial charge in [0.1, 0.15) is 6.04 Å². The van der Waals surface area contributed by atoms with Crippen LogP contribution in [-0.4, -0.2) is 29.4 Å². The molecule has 2 rings (SSSR count). The molecule has 20 heavy (non-hydrogen) atoms. The van der Waals surface area contributed by atoms with Crippen LogP contribution in [0.4, 0.5) is 5.69 Å². The van der Waals surface area contributed by atoms with Crippen molar-refractivity contribution in [2.75, 3.05) is 11.9 Å². The third-order valence-electron chi connectivity index (χ3n) is 3.09. The largest absolute Gasteiger partial charge is 0.480 e. The number of carboxylic acids is 1. The molecule has 0 aliphatic rings. The van der Waals surface area contributed by atoms with Gasteiger partial charge >= 0.3 is 5.97 Å². The topological polar surface area (TPSA) is 92.4 Å². The fourth-order valence-corrected chi connectivity index (χ4v) is 1.89. The van der Waals surface area contributed by atoms with Crippen LogP contribution in [0.1, 0.15) is 17.3 Å². The van der Waals surface area contributed by atoms with Gasteiger partial charge in [0.15, 0.2) is 5.78 Å². The number of carbonyl (C=O) groups excluding carboxylic acids is 1. The van der Waals surface area contributed by atoms with E-state index in [2.05, 4.69) is 5.32 Å². The van der Waals surface area contributed by atoms with Gasteiger partial charge < -0.3 is 16.2 Å². The van der Waals surface area contributed by atoms with E-state index in [1.165, 1.54) is 6.92 Å². The van der Waals surface area contributed by atoms with Crippen molar-refractivity contribution >= 4 is 28.2 Å². The highest BCUT2D eigenvalue weighted by Gasteiger charge is 2.10. The molecule has 5 heteroatoms. The first kappa shape index (κ1) is 14.0. The second-order valence-electron chi connectivity index (χ2n) is 4.66. The van der Waals surface area contributed by atoms with Gasteiger partial charge in [-0.1, -0.05) is 18.2 Å². The fraction of sp³-hybridized carbons (Fsp3) is 0.200. The van der Waals surface area contributed by atoms with E-state index < -0.39 is 12.0 Å². The lowest BCUT2D eigenvalue weighted by atomic mass is 10.0. The van der Waals surface area contributed by atoms with E-state index in [1.54, 1.807) is 6.07 Å². The van der Waals surface area contributed by atoms with Gasteiger partial charge in [0.25, 0.3) is 0 Å². The van der Waals surface area contributed by atoms with Crippen LogP contribution in [0.3, 0.4) is 0 Å². The summed E-state index contributed by atoms with van der Waals surface area (Å²) in [6.07, 6.45) is 0. The van der Waals surface area contributed by atoms with Gasteiger partial charge in [0, 0.05) is 17.8 Å². The van der Waals surface area contributed by atoms with Crippen molar-refractivity contribution in [3.63, 3.8) is 0 Å². The smallest absolute Gasteiger partial charge is 0.322 e. The van der Waals surface area contributed by atoms with Gasteiger partial charge in [0.05, 0.1) is 0 Å². The number of nitrogens with two attached hydrogens (primary N) is 1. The van der Waals surface area contributed by atoms with Crippen molar-refractivity contribution in [1.82, 2.24) is 0 Å². The number of benzene rings is 2. The number of carboxylic acid groups (broad SMARTS) is 1. The van der Waals surface area contributed by atoms with Crippen LogP contribution < -0.4 is 11.1 Å². The highest BCUT2D eigenvalue weighted by atomic mass is 16.4. The van der Waals surface area contributed by atoms with E-state index in [1.807, 2.05) is 30.3 Å². The maximum atomic E-state index is 11.3. The van der Waals surface area contributed by atoms with E-state index in [-0.39, 0.29) is 12.3 Å². The number of hydrogen-bond acceptors (Lipinski definition) is 4. The van der Waals surface area contributed by atoms with Crippen LogP contribution in [0.25, 0.3) is 10.8 Å². The first-order chi connectivity index (χ1) is 9.47. The molecule has 104 valence electrons. The molecule has 0 bridgehead atoms. The first-order valence-corrected chi connectivity index (χ1v) is 6.24. The number of nitrogens with one attached hydrogen (secondary N) is 1. The molecule has 0 unspecified atom stereocenters. The number of hydrogen-bond donors (Lipinski definition) is 3. The Kier molecular flexibility index (Phi) is 4.00. The van der Waals surface area contributed by atoms with Gasteiger partial charge in [-0.3, -0.25) is 9.59 Å². The SMILES string of the molecule is CC(=O)c1ccc2cc(NC[C@H](N)C(=O)O)ccc2c1. The lowest BCUT2D eigenvalue weighted by Crippen LogP contribution is -2.36. The standard InChI is InChI=1S/C15H16N2O3/c1-9(18)10-2-3-12-7-13(5-4-11(12)6-10)17-8-14(16)15(19)20/h2-7,14,17H,8,16H2,1H3,(H,19,20)/t14-/m0/s1. The quantitative estimate of drug-likeness (QED) is 0.722. The summed E-state index contributed by atoms with van der Waals surface area (Å²) in [7, 11) is 0. The molecule has 0 aromatic heterocycles. The first-order valence-electron chi connectivity index (χ1n) is 6.24. The molecule has 2 aromatic rings. The molecular formula is C15H16N2O3. The molecule has 0 aliphatic carbocycles. The van der Waals surface area contributed by atoms with Crippen LogP contribution in [0.15, 0.2) is 36.4 Å². The summed E-state index contributed by atoms with van der Waals surface area (Å²) in [6, 6.07) is 10.2. The van der Waals surface area contributed by atoms with Gasteiger partial charge in [0.2, 0.25) is 0 Å². The molecule has 1 atom stereocenters. The van der Waals surface area contributed by atoms with Crippen molar-refractivity contribution < 1.29 is 14.7 Å². The summed E-state index contributed by atoms with van der Waals surface area (Å²) >= 11 is 0. The van der Waals surface area contributed by atoms with E-state index in [0.717, 1.165) is 16.5 Å². The Morgan fingerprint density at radius 3 is 2.50 bits per heavy atom. The number of aliphatic carboxylic acids is 1. The minimum atomic E-state index is -1.04. The van der Waals surface area contributed by atoms with Crippen LogP contribution >= 0.6 is 0 Å². The van der Waals surface area contributed by atoms with Gasteiger partial charge in [-0.15, -0.1) is 0 Å². The Morgan fingerprint density at radius 1 is 1.20 bits per heavy atom. The lowest BCUT2D eigenvalue weighted by molar-refractivity contribution is -0.138. The Bertz CT molecular complexity index is 667. The summed E-state index contributed by atoms with van der Waals surface area (Å²) in [4.78, 5) is 22.0. The maximum absolute atomic E-state index is 11.3. The molecule has 5 nitrogen and oxygen atoms in total. The highest BCUT2D eigenvalue weighted by molar-refractivity contribution is 5.99. The number of fused-ring (bicyclic) bond motifs is 1. The predicted molar refractivity (Wildman–Crippen MR) is 78.1 cm³/mol. The molecule has 0 saturated carbocycles. The second-order valence-corrected chi connectivity index (χ2v) is 4.66. The molecule has 0 spiro atoms. The average Bonchev–Trinajstić information content (AvgIpc) is 2.43. The van der Waals surface area contributed by atoms with E-state index in [4.69, 9.17) is 10.8 Å². The molecule has 0 saturated heterocycles. The van der Waals surface area contributed by atoms with E-state index in [0.29, 0.717) is 5.56 Å². The van der Waals surface area contributed by atoms with E-state index >= 15 is 0 Å². The normalized spacial score (nSPS) is 12.1. The van der Waals surface area contributed by atoms with Crippen LogP contribution in [0, 0.1) is 0 Å². The monoisotopic (exact) mass is 272 g/mol. The van der Waals surface area contributed by atoms with Crippen LogP contribution in [-0.2, 0) is 4.79 Å². The van der Waals surface area contributed by atoms with Crippen molar-refractivity contribution in [3.8, 4) is 0 Å². The molecule has 2 aromatic carbocycles. The summed E-state index contributed by atoms with van der Waals surface area (Å²) in [6.45, 7) is 1.69. The minimum absolute atomic E-state index is 0.0292. The summed E-state index contributed by atoms with van der Waals surface area (Å²) in [5.41, 5.74) is 6.90. The predicted octanol–water partition coefficient (Wildman–Crippen LogP) is 1.87. The third-order valence-corrected chi connectivity index (χ3v) is 3.09. The zero-order valence-electron chi connectivity index (χ0n) is 11.1. The zero-order valence-corrected chi connectivity index (χ0v) is 11.1. The molecule has 0 radical (unpaired) electrons. The number of rotatable bonds is 5. The summed E-state index contributed by atoms with van der Waals surface area (Å²) < 4.78 is 0. The highest BCUT2D eigenvalue weighted by Crippen LogP contribution is 2.20. The van der Waals surface area contributed by atoms with Crippen LogP contribution in [0.2, 0.25) is 0 Å². The molecule has 0 fully saturated rings. The van der Waals surface area contributed by atoms with Gasteiger partial charge in [-0.2, -0.15) is 0 Å². The lowest BCUT2D eigenvalue weighted by Gasteiger charge is -2.10. The molecule has 0 aliphatic heterocycles. The van der Waals surface area contributed by atoms with Gasteiger partial charge in [-0.25, -0.2) is 0 Å². The Labute approximate surface area is 116 Å². The molecule has 4 N–H and O–H groups in total. The number of ketones is 1. The van der Waals surface area contributed by atoms with Crippen LogP contribution in [0.5, 0.6) is 0 Å². The zero-order chi connectivity index (χ0) is 14.7. The molecule has 0 amide bonds. The fourth-order valence-electron chi connectivity index (χ4n) is 1.89. The van der Waals surface area contributed by atoms with Crippen molar-refractivity contribution in [2.45, 2.75) is 13.0 Å². The van der Waals surface area contributed by atoms with Crippen molar-refractivity contribution in [2.24, 2.45) is 5.73 Å². The Hall–Kier alpha value is -2.40. The average molecular weight is 272 g/mol. The second kappa shape index (κ2) is 5.71. The summed E-state index contributed by atoms with van der Waals surface area (Å²) in [5, 5.41) is 13.6. The Balaban J connectivity index is 2.19. The number of Topliss-reactive ketones (excluding diaryl/α,β-unsaturated/α-hetero) is 1. The summed E-state index contributed by atoms with van der Waals surface area (Å²) in [5.74, 6) is -1.01. The minimum Gasteiger partial charge on any atom is -0.480 e. The number of anilines is 1. The van der Waals surface area contributed by atoms with Crippen molar-refractivity contribution in [1.29, 1.82) is 0 Å². The third kappa shape index (κ3) is 3.13. The molecular weight excluding hydrogens is 256 g/mol. The number of carbonyl (C=O) groups is 2. The van der Waals surface area contributed by atoms with E-state index in [9.17, 15) is 9.59 Å². The molecule has 0 heterocycles. The van der Waals surface area contributed by atoms with Gasteiger partial charge in [-0.05, 0) is 35.9 Å². The van der Waals surface area contributed by atoms with Crippen molar-refractivity contribution in [3.05, 3.63) is 42.0 Å². The Morgan fingerprint density at radius 2 is 1.85 bits per heavy atom. The maximum Gasteiger partial charge on any atom is 0.322 e.